The van der Waals surface area contributed by atoms with E-state index in [4.69, 9.17) is 4.52 Å². The number of hydrogen-bond donors (Lipinski definition) is 1. The van der Waals surface area contributed by atoms with Gasteiger partial charge in [0.15, 0.2) is 5.82 Å². The van der Waals surface area contributed by atoms with E-state index >= 15 is 0 Å². The average molecular weight is 287 g/mol. The largest absolute Gasteiger partial charge is 0.340 e. The van der Waals surface area contributed by atoms with Crippen LogP contribution in [0.15, 0.2) is 10.6 Å². The lowest BCUT2D eigenvalue weighted by Gasteiger charge is -2.20. The summed E-state index contributed by atoms with van der Waals surface area (Å²) in [6.45, 7) is 2.47. The van der Waals surface area contributed by atoms with Crippen LogP contribution in [0.3, 0.4) is 0 Å². The van der Waals surface area contributed by atoms with Crippen molar-refractivity contribution in [2.75, 3.05) is 6.54 Å². The summed E-state index contributed by atoms with van der Waals surface area (Å²) >= 11 is 0. The number of carbonyl (C=O) groups excluding carboxylic acids is 1. The van der Waals surface area contributed by atoms with E-state index in [-0.39, 0.29) is 11.9 Å². The maximum atomic E-state index is 12.7. The maximum Gasteiger partial charge on any atom is 0.274 e. The van der Waals surface area contributed by atoms with Crippen molar-refractivity contribution in [3.63, 3.8) is 0 Å². The van der Waals surface area contributed by atoms with Gasteiger partial charge in [0.2, 0.25) is 5.89 Å². The molecule has 1 aliphatic carbocycles. The molecule has 1 N–H and O–H groups in total. The molecule has 110 valence electrons. The number of likely N-dealkylation sites (tertiary alicyclic amines) is 1. The van der Waals surface area contributed by atoms with Crippen LogP contribution in [0.1, 0.15) is 65.5 Å². The number of aromatic nitrogens is 4. The zero-order valence-electron chi connectivity index (χ0n) is 11.9. The highest BCUT2D eigenvalue weighted by molar-refractivity contribution is 5.92. The molecule has 1 amide bonds. The van der Waals surface area contributed by atoms with E-state index < -0.39 is 0 Å². The van der Waals surface area contributed by atoms with Gasteiger partial charge in [-0.25, -0.2) is 0 Å². The molecule has 2 aromatic heterocycles. The second-order valence-corrected chi connectivity index (χ2v) is 5.81. The number of amides is 1. The second kappa shape index (κ2) is 4.68. The van der Waals surface area contributed by atoms with Gasteiger partial charge >= 0.3 is 0 Å². The first-order valence-corrected chi connectivity index (χ1v) is 7.39. The van der Waals surface area contributed by atoms with E-state index in [1.54, 1.807) is 11.8 Å². The Hall–Kier alpha value is -2.18. The van der Waals surface area contributed by atoms with Gasteiger partial charge in [-0.2, -0.15) is 10.1 Å². The number of carbonyl (C=O) groups is 1. The molecular weight excluding hydrogens is 270 g/mol. The number of nitrogens with one attached hydrogen (secondary N) is 1. The number of hydrogen-bond acceptors (Lipinski definition) is 5. The Kier molecular flexibility index (Phi) is 2.80. The zero-order chi connectivity index (χ0) is 14.4. The predicted octanol–water partition coefficient (Wildman–Crippen LogP) is 1.96. The molecular formula is C14H17N5O2. The molecule has 0 bridgehead atoms. The Morgan fingerprint density at radius 2 is 2.29 bits per heavy atom. The van der Waals surface area contributed by atoms with E-state index in [1.165, 1.54) is 12.8 Å². The molecule has 4 rings (SSSR count). The molecule has 2 fully saturated rings. The van der Waals surface area contributed by atoms with Crippen LogP contribution in [0, 0.1) is 6.92 Å². The molecule has 21 heavy (non-hydrogen) atoms. The lowest BCUT2D eigenvalue weighted by atomic mass is 10.2. The average Bonchev–Trinajstić information content (AvgIpc) is 2.94. The quantitative estimate of drug-likeness (QED) is 0.932. The summed E-state index contributed by atoms with van der Waals surface area (Å²) in [5.41, 5.74) is 1.56. The number of aromatic amines is 1. The molecule has 0 spiro atoms. The third-order valence-electron chi connectivity index (χ3n) is 4.19. The minimum Gasteiger partial charge on any atom is -0.340 e. The van der Waals surface area contributed by atoms with Gasteiger partial charge in [-0.15, -0.1) is 0 Å². The Balaban J connectivity index is 1.56. The van der Waals surface area contributed by atoms with E-state index in [9.17, 15) is 4.79 Å². The smallest absolute Gasteiger partial charge is 0.274 e. The fraction of sp³-hybridized carbons (Fsp3) is 0.571. The zero-order valence-corrected chi connectivity index (χ0v) is 11.9. The first-order valence-electron chi connectivity index (χ1n) is 7.39. The highest BCUT2D eigenvalue weighted by atomic mass is 16.5. The van der Waals surface area contributed by atoms with Gasteiger partial charge in [-0.3, -0.25) is 9.89 Å². The molecule has 0 aromatic carbocycles. The highest BCUT2D eigenvalue weighted by Crippen LogP contribution is 2.39. The first-order chi connectivity index (χ1) is 10.2. The van der Waals surface area contributed by atoms with E-state index in [0.717, 1.165) is 18.5 Å². The molecule has 3 heterocycles. The van der Waals surface area contributed by atoms with Crippen LogP contribution in [0.4, 0.5) is 0 Å². The van der Waals surface area contributed by atoms with E-state index in [1.807, 2.05) is 6.07 Å². The van der Waals surface area contributed by atoms with Crippen molar-refractivity contribution in [2.24, 2.45) is 0 Å². The fourth-order valence-corrected chi connectivity index (χ4v) is 2.93. The molecule has 7 heteroatoms. The third-order valence-corrected chi connectivity index (χ3v) is 4.19. The molecule has 1 atom stereocenters. The number of rotatable bonds is 3. The Morgan fingerprint density at radius 1 is 1.43 bits per heavy atom. The summed E-state index contributed by atoms with van der Waals surface area (Å²) in [6, 6.07) is 1.78. The molecule has 1 saturated carbocycles. The van der Waals surface area contributed by atoms with Crippen molar-refractivity contribution in [1.29, 1.82) is 0 Å². The molecule has 2 aromatic rings. The van der Waals surface area contributed by atoms with E-state index in [2.05, 4.69) is 20.3 Å². The maximum absolute atomic E-state index is 12.7. The standard InChI is InChI=1S/C14H17N5O2/c1-8-15-13(18-21-8)12-3-2-6-19(12)14(20)11-7-10(16-17-11)9-4-5-9/h7,9,12H,2-6H2,1H3,(H,16,17)/t12-/m1/s1. The monoisotopic (exact) mass is 287 g/mol. The summed E-state index contributed by atoms with van der Waals surface area (Å²) < 4.78 is 5.03. The van der Waals surface area contributed by atoms with Gasteiger partial charge < -0.3 is 9.42 Å². The summed E-state index contributed by atoms with van der Waals surface area (Å²) in [4.78, 5) is 18.7. The van der Waals surface area contributed by atoms with Crippen molar-refractivity contribution in [3.05, 3.63) is 29.2 Å². The lowest BCUT2D eigenvalue weighted by molar-refractivity contribution is 0.0722. The van der Waals surface area contributed by atoms with Gasteiger partial charge in [0.05, 0.1) is 6.04 Å². The molecule has 2 aliphatic rings. The number of aryl methyl sites for hydroxylation is 1. The van der Waals surface area contributed by atoms with Crippen LogP contribution in [0.2, 0.25) is 0 Å². The predicted molar refractivity (Wildman–Crippen MR) is 72.6 cm³/mol. The summed E-state index contributed by atoms with van der Waals surface area (Å²) in [5.74, 6) is 1.63. The number of nitrogens with zero attached hydrogens (tertiary/aromatic N) is 4. The van der Waals surface area contributed by atoms with Crippen molar-refractivity contribution >= 4 is 5.91 Å². The van der Waals surface area contributed by atoms with Crippen LogP contribution in [-0.4, -0.2) is 37.7 Å². The Morgan fingerprint density at radius 3 is 3.00 bits per heavy atom. The number of H-pyrrole nitrogens is 1. The topological polar surface area (TPSA) is 87.9 Å². The summed E-state index contributed by atoms with van der Waals surface area (Å²) in [7, 11) is 0. The van der Waals surface area contributed by atoms with E-state index in [0.29, 0.717) is 29.9 Å². The van der Waals surface area contributed by atoms with Crippen molar-refractivity contribution in [3.8, 4) is 0 Å². The minimum atomic E-state index is -0.101. The van der Waals surface area contributed by atoms with Crippen LogP contribution in [0.25, 0.3) is 0 Å². The van der Waals surface area contributed by atoms with Gasteiger partial charge in [0.25, 0.3) is 5.91 Å². The minimum absolute atomic E-state index is 0.0527. The third kappa shape index (κ3) is 2.22. The summed E-state index contributed by atoms with van der Waals surface area (Å²) in [6.07, 6.45) is 4.18. The van der Waals surface area contributed by atoms with Crippen molar-refractivity contribution in [2.45, 2.75) is 44.6 Å². The van der Waals surface area contributed by atoms with Crippen LogP contribution < -0.4 is 0 Å². The molecule has 1 saturated heterocycles. The second-order valence-electron chi connectivity index (χ2n) is 5.81. The van der Waals surface area contributed by atoms with Gasteiger partial charge in [0.1, 0.15) is 5.69 Å². The highest BCUT2D eigenvalue weighted by Gasteiger charge is 2.35. The molecule has 0 unspecified atom stereocenters. The SMILES string of the molecule is Cc1nc([C@H]2CCCN2C(=O)c2cc(C3CC3)[nH]n2)no1. The van der Waals surface area contributed by atoms with Crippen molar-refractivity contribution in [1.82, 2.24) is 25.2 Å². The summed E-state index contributed by atoms with van der Waals surface area (Å²) in [5, 5.41) is 11.1. The first kappa shape index (κ1) is 12.6. The lowest BCUT2D eigenvalue weighted by Crippen LogP contribution is -2.31. The van der Waals surface area contributed by atoms with Crippen molar-refractivity contribution < 1.29 is 9.32 Å². The van der Waals surface area contributed by atoms with Crippen LogP contribution in [0.5, 0.6) is 0 Å². The Bertz CT molecular complexity index is 672. The molecule has 0 radical (unpaired) electrons. The molecule has 7 nitrogen and oxygen atoms in total. The Labute approximate surface area is 121 Å². The molecule has 1 aliphatic heterocycles. The van der Waals surface area contributed by atoms with Gasteiger partial charge in [-0.1, -0.05) is 5.16 Å². The van der Waals surface area contributed by atoms with Gasteiger partial charge in [0, 0.05) is 25.1 Å². The van der Waals surface area contributed by atoms with Crippen LogP contribution >= 0.6 is 0 Å². The fourth-order valence-electron chi connectivity index (χ4n) is 2.93. The van der Waals surface area contributed by atoms with Gasteiger partial charge in [-0.05, 0) is 31.7 Å². The van der Waals surface area contributed by atoms with Crippen LogP contribution in [-0.2, 0) is 0 Å². The normalized spacial score (nSPS) is 22.0.